The SMILES string of the molecule is CC(C)(C)C(=O)N1CCC[C@H]1C(=O)N[C@H](Cc1ccc2ccccc2c1)C(=O)NCCCNCc1ccc([N+](=O)[O-])cc1. The van der Waals surface area contributed by atoms with Crippen LogP contribution in [-0.2, 0) is 27.3 Å². The lowest BCUT2D eigenvalue weighted by atomic mass is 9.94. The Balaban J connectivity index is 1.36. The normalized spacial score (nSPS) is 15.7. The predicted molar refractivity (Wildman–Crippen MR) is 166 cm³/mol. The average molecular weight is 588 g/mol. The molecule has 228 valence electrons. The molecule has 3 aromatic carbocycles. The summed E-state index contributed by atoms with van der Waals surface area (Å²) in [6.45, 7) is 7.66. The first-order valence-corrected chi connectivity index (χ1v) is 14.8. The molecule has 0 saturated carbocycles. The maximum Gasteiger partial charge on any atom is 0.269 e. The van der Waals surface area contributed by atoms with E-state index in [-0.39, 0.29) is 23.4 Å². The maximum atomic E-state index is 13.5. The molecule has 3 N–H and O–H groups in total. The molecule has 3 amide bonds. The van der Waals surface area contributed by atoms with E-state index in [9.17, 15) is 24.5 Å². The largest absolute Gasteiger partial charge is 0.354 e. The van der Waals surface area contributed by atoms with E-state index in [0.29, 0.717) is 45.4 Å². The van der Waals surface area contributed by atoms with Crippen LogP contribution < -0.4 is 16.0 Å². The van der Waals surface area contributed by atoms with E-state index in [2.05, 4.69) is 16.0 Å². The van der Waals surface area contributed by atoms with Gasteiger partial charge < -0.3 is 20.9 Å². The highest BCUT2D eigenvalue weighted by Crippen LogP contribution is 2.26. The second-order valence-electron chi connectivity index (χ2n) is 12.1. The van der Waals surface area contributed by atoms with E-state index in [1.54, 1.807) is 17.0 Å². The van der Waals surface area contributed by atoms with Crippen LogP contribution >= 0.6 is 0 Å². The fraction of sp³-hybridized carbons (Fsp3) is 0.424. The Bertz CT molecular complexity index is 1450. The molecule has 0 bridgehead atoms. The van der Waals surface area contributed by atoms with Crippen LogP contribution in [0.25, 0.3) is 10.8 Å². The van der Waals surface area contributed by atoms with Gasteiger partial charge in [-0.05, 0) is 47.7 Å². The second-order valence-corrected chi connectivity index (χ2v) is 12.1. The Labute approximate surface area is 252 Å². The first-order valence-electron chi connectivity index (χ1n) is 14.8. The summed E-state index contributed by atoms with van der Waals surface area (Å²) in [5.41, 5.74) is 1.31. The van der Waals surface area contributed by atoms with Crippen LogP contribution in [0, 0.1) is 15.5 Å². The third-order valence-corrected chi connectivity index (χ3v) is 7.65. The number of rotatable bonds is 12. The highest BCUT2D eigenvalue weighted by molar-refractivity contribution is 5.93. The van der Waals surface area contributed by atoms with Gasteiger partial charge in [-0.15, -0.1) is 0 Å². The van der Waals surface area contributed by atoms with E-state index < -0.39 is 22.4 Å². The molecule has 0 aliphatic carbocycles. The lowest BCUT2D eigenvalue weighted by Gasteiger charge is -2.31. The predicted octanol–water partition coefficient (Wildman–Crippen LogP) is 4.11. The van der Waals surface area contributed by atoms with Crippen molar-refractivity contribution in [1.82, 2.24) is 20.9 Å². The van der Waals surface area contributed by atoms with Crippen molar-refractivity contribution in [3.8, 4) is 0 Å². The summed E-state index contributed by atoms with van der Waals surface area (Å²) in [6, 6.07) is 19.0. The summed E-state index contributed by atoms with van der Waals surface area (Å²) >= 11 is 0. The van der Waals surface area contributed by atoms with Crippen LogP contribution in [0.1, 0.15) is 51.2 Å². The molecule has 10 nitrogen and oxygen atoms in total. The van der Waals surface area contributed by atoms with Gasteiger partial charge in [-0.2, -0.15) is 0 Å². The topological polar surface area (TPSA) is 134 Å². The number of nitrogens with zero attached hydrogens (tertiary/aromatic N) is 2. The molecule has 0 radical (unpaired) electrons. The number of nitrogens with one attached hydrogen (secondary N) is 3. The van der Waals surface area contributed by atoms with Crippen molar-refractivity contribution in [2.45, 2.75) is 65.1 Å². The monoisotopic (exact) mass is 587 g/mol. The lowest BCUT2D eigenvalue weighted by Crippen LogP contribution is -2.55. The second kappa shape index (κ2) is 14.2. The molecule has 1 aliphatic heterocycles. The smallest absolute Gasteiger partial charge is 0.269 e. The lowest BCUT2D eigenvalue weighted by molar-refractivity contribution is -0.384. The number of hydrogen-bond acceptors (Lipinski definition) is 6. The number of nitro benzene ring substituents is 1. The summed E-state index contributed by atoms with van der Waals surface area (Å²) in [6.07, 6.45) is 2.29. The number of likely N-dealkylation sites (tertiary alicyclic amines) is 1. The highest BCUT2D eigenvalue weighted by Gasteiger charge is 2.39. The molecule has 1 saturated heterocycles. The van der Waals surface area contributed by atoms with Crippen LogP contribution in [0.15, 0.2) is 66.7 Å². The van der Waals surface area contributed by atoms with Gasteiger partial charge in [0.2, 0.25) is 17.7 Å². The molecular formula is C33H41N5O5. The number of carbonyl (C=O) groups excluding carboxylic acids is 3. The number of nitro groups is 1. The van der Waals surface area contributed by atoms with Crippen molar-refractivity contribution in [2.75, 3.05) is 19.6 Å². The molecular weight excluding hydrogens is 546 g/mol. The van der Waals surface area contributed by atoms with E-state index in [1.807, 2.05) is 63.2 Å². The molecule has 4 rings (SSSR count). The minimum Gasteiger partial charge on any atom is -0.354 e. The average Bonchev–Trinajstić information content (AvgIpc) is 3.48. The Morgan fingerprint density at radius 2 is 1.67 bits per heavy atom. The van der Waals surface area contributed by atoms with E-state index in [0.717, 1.165) is 28.3 Å². The molecule has 3 aromatic rings. The minimum absolute atomic E-state index is 0.0539. The summed E-state index contributed by atoms with van der Waals surface area (Å²) in [7, 11) is 0. The summed E-state index contributed by atoms with van der Waals surface area (Å²) < 4.78 is 0. The van der Waals surface area contributed by atoms with Gasteiger partial charge in [0, 0.05) is 43.6 Å². The van der Waals surface area contributed by atoms with Crippen molar-refractivity contribution < 1.29 is 19.3 Å². The van der Waals surface area contributed by atoms with Crippen molar-refractivity contribution in [2.24, 2.45) is 5.41 Å². The van der Waals surface area contributed by atoms with Gasteiger partial charge >= 0.3 is 0 Å². The fourth-order valence-electron chi connectivity index (χ4n) is 5.31. The van der Waals surface area contributed by atoms with Gasteiger partial charge in [0.25, 0.3) is 5.69 Å². The van der Waals surface area contributed by atoms with Gasteiger partial charge in [0.1, 0.15) is 12.1 Å². The molecule has 1 heterocycles. The van der Waals surface area contributed by atoms with Gasteiger partial charge in [0.05, 0.1) is 4.92 Å². The van der Waals surface area contributed by atoms with E-state index in [1.165, 1.54) is 12.1 Å². The fourth-order valence-corrected chi connectivity index (χ4v) is 5.31. The molecule has 2 atom stereocenters. The van der Waals surface area contributed by atoms with Crippen molar-refractivity contribution in [3.05, 3.63) is 88.0 Å². The molecule has 10 heteroatoms. The van der Waals surface area contributed by atoms with Crippen molar-refractivity contribution >= 4 is 34.2 Å². The van der Waals surface area contributed by atoms with Gasteiger partial charge in [-0.25, -0.2) is 0 Å². The maximum absolute atomic E-state index is 13.5. The Morgan fingerprint density at radius 1 is 0.977 bits per heavy atom. The zero-order valence-electron chi connectivity index (χ0n) is 25.1. The summed E-state index contributed by atoms with van der Waals surface area (Å²) in [4.78, 5) is 51.9. The van der Waals surface area contributed by atoms with Crippen LogP contribution in [-0.4, -0.2) is 59.3 Å². The third-order valence-electron chi connectivity index (χ3n) is 7.65. The van der Waals surface area contributed by atoms with Crippen LogP contribution in [0.3, 0.4) is 0 Å². The quantitative estimate of drug-likeness (QED) is 0.166. The molecule has 1 aliphatic rings. The molecule has 0 aromatic heterocycles. The zero-order chi connectivity index (χ0) is 31.0. The van der Waals surface area contributed by atoms with E-state index >= 15 is 0 Å². The third kappa shape index (κ3) is 8.61. The number of benzene rings is 3. The zero-order valence-corrected chi connectivity index (χ0v) is 25.1. The van der Waals surface area contributed by atoms with Crippen LogP contribution in [0.2, 0.25) is 0 Å². The molecule has 0 unspecified atom stereocenters. The minimum atomic E-state index is -0.797. The number of fused-ring (bicyclic) bond motifs is 1. The van der Waals surface area contributed by atoms with Gasteiger partial charge in [0.15, 0.2) is 0 Å². The van der Waals surface area contributed by atoms with Crippen LogP contribution in [0.4, 0.5) is 5.69 Å². The number of non-ortho nitro benzene ring substituents is 1. The molecule has 1 fully saturated rings. The van der Waals surface area contributed by atoms with Crippen molar-refractivity contribution in [1.29, 1.82) is 0 Å². The molecule has 43 heavy (non-hydrogen) atoms. The highest BCUT2D eigenvalue weighted by atomic mass is 16.6. The Kier molecular flexibility index (Phi) is 10.5. The number of hydrogen-bond donors (Lipinski definition) is 3. The number of carbonyl (C=O) groups is 3. The standard InChI is InChI=1S/C33H41N5O5/c1-33(2,3)32(41)37-19-6-10-29(37)31(40)36-28(21-24-11-14-25-8-4-5-9-26(25)20-24)30(39)35-18-7-17-34-22-23-12-15-27(16-13-23)38(42)43/h4-5,8-9,11-16,20,28-29,34H,6-7,10,17-19,21-22H2,1-3H3,(H,35,39)(H,36,40)/t28-,29+/m1/s1. The first kappa shape index (κ1) is 31.6. The molecule has 0 spiro atoms. The first-order chi connectivity index (χ1) is 20.5. The van der Waals surface area contributed by atoms with Crippen molar-refractivity contribution in [3.63, 3.8) is 0 Å². The van der Waals surface area contributed by atoms with Gasteiger partial charge in [-0.3, -0.25) is 24.5 Å². The summed E-state index contributed by atoms with van der Waals surface area (Å²) in [5, 5.41) is 22.2. The number of amides is 3. The summed E-state index contributed by atoms with van der Waals surface area (Å²) in [5.74, 6) is -0.647. The van der Waals surface area contributed by atoms with Crippen LogP contribution in [0.5, 0.6) is 0 Å². The Hall–Kier alpha value is -4.31. The van der Waals surface area contributed by atoms with Gasteiger partial charge in [-0.1, -0.05) is 75.4 Å². The van der Waals surface area contributed by atoms with E-state index in [4.69, 9.17) is 0 Å². The Morgan fingerprint density at radius 3 is 2.37 bits per heavy atom.